The molecule has 0 aliphatic heterocycles. The van der Waals surface area contributed by atoms with Gasteiger partial charge in [0.25, 0.3) is 11.1 Å². The van der Waals surface area contributed by atoms with Gasteiger partial charge >= 0.3 is 0 Å². The van der Waals surface area contributed by atoms with Crippen molar-refractivity contribution in [1.29, 1.82) is 0 Å². The standard InChI is InChI=1S/C17H20N4OS.C12H12N2O2S/c1-20(2)12-8-9-18-16-13(12)14-15(23-16)17(22)21(10-19-14)11-6-4-3-5-7-11;1-8-13-7-11(17)12(15)14(8)9-3-5-10(16-2)6-4-9/h8-11H,3-7H2,1-2H3;3-7,17H,1-2H3. The van der Waals surface area contributed by atoms with E-state index in [1.165, 1.54) is 41.4 Å². The van der Waals surface area contributed by atoms with Crippen molar-refractivity contribution in [3.05, 3.63) is 75.6 Å². The lowest BCUT2D eigenvalue weighted by molar-refractivity contribution is 0.345. The summed E-state index contributed by atoms with van der Waals surface area (Å²) in [4.78, 5) is 41.4. The molecule has 4 aromatic heterocycles. The molecule has 1 aromatic carbocycles. The van der Waals surface area contributed by atoms with E-state index < -0.39 is 0 Å². The Morgan fingerprint density at radius 3 is 2.40 bits per heavy atom. The lowest BCUT2D eigenvalue weighted by Crippen LogP contribution is -2.26. The third-order valence-electron chi connectivity index (χ3n) is 7.18. The summed E-state index contributed by atoms with van der Waals surface area (Å²) in [6.07, 6.45) is 10.9. The van der Waals surface area contributed by atoms with Crippen LogP contribution in [0.3, 0.4) is 0 Å². The third kappa shape index (κ3) is 5.35. The highest BCUT2D eigenvalue weighted by Crippen LogP contribution is 2.36. The van der Waals surface area contributed by atoms with E-state index in [2.05, 4.69) is 27.6 Å². The molecule has 0 N–H and O–H groups in total. The molecule has 11 heteroatoms. The number of aromatic nitrogens is 5. The highest BCUT2D eigenvalue weighted by atomic mass is 32.1. The second kappa shape index (κ2) is 11.8. The molecule has 6 rings (SSSR count). The summed E-state index contributed by atoms with van der Waals surface area (Å²) in [7, 11) is 5.60. The van der Waals surface area contributed by atoms with Crippen molar-refractivity contribution in [3.63, 3.8) is 0 Å². The minimum atomic E-state index is -0.175. The van der Waals surface area contributed by atoms with Crippen LogP contribution in [0, 0.1) is 6.92 Å². The van der Waals surface area contributed by atoms with E-state index in [9.17, 15) is 9.59 Å². The average Bonchev–Trinajstić information content (AvgIpc) is 3.36. The van der Waals surface area contributed by atoms with E-state index >= 15 is 0 Å². The van der Waals surface area contributed by atoms with Crippen LogP contribution < -0.4 is 20.8 Å². The maximum atomic E-state index is 13.0. The van der Waals surface area contributed by atoms with Crippen molar-refractivity contribution in [2.75, 3.05) is 26.1 Å². The van der Waals surface area contributed by atoms with Gasteiger partial charge in [0.2, 0.25) is 0 Å². The zero-order valence-corrected chi connectivity index (χ0v) is 24.7. The number of fused-ring (bicyclic) bond motifs is 3. The van der Waals surface area contributed by atoms with Crippen LogP contribution in [0.2, 0.25) is 0 Å². The van der Waals surface area contributed by atoms with E-state index in [0.29, 0.717) is 16.8 Å². The largest absolute Gasteiger partial charge is 0.497 e. The third-order valence-corrected chi connectivity index (χ3v) is 8.57. The Balaban J connectivity index is 0.000000170. The van der Waals surface area contributed by atoms with E-state index in [1.807, 2.05) is 41.8 Å². The predicted octanol–water partition coefficient (Wildman–Crippen LogP) is 5.42. The highest BCUT2D eigenvalue weighted by molar-refractivity contribution is 7.80. The lowest BCUT2D eigenvalue weighted by atomic mass is 9.95. The number of hydrogen-bond donors (Lipinski definition) is 1. The van der Waals surface area contributed by atoms with Crippen LogP contribution >= 0.6 is 24.0 Å². The van der Waals surface area contributed by atoms with E-state index in [0.717, 1.165) is 50.4 Å². The Morgan fingerprint density at radius 2 is 1.73 bits per heavy atom. The number of benzene rings is 1. The van der Waals surface area contributed by atoms with Crippen LogP contribution in [-0.4, -0.2) is 45.3 Å². The molecule has 0 radical (unpaired) electrons. The van der Waals surface area contributed by atoms with Crippen LogP contribution in [0.15, 0.2) is 63.5 Å². The number of ether oxygens (including phenoxy) is 1. The summed E-state index contributed by atoms with van der Waals surface area (Å²) < 4.78 is 9.17. The zero-order valence-electron chi connectivity index (χ0n) is 23.0. The van der Waals surface area contributed by atoms with Crippen molar-refractivity contribution in [2.45, 2.75) is 50.0 Å². The number of aryl methyl sites for hydroxylation is 1. The Bertz CT molecular complexity index is 1770. The van der Waals surface area contributed by atoms with Gasteiger partial charge in [0.15, 0.2) is 0 Å². The number of thiol groups is 1. The monoisotopic (exact) mass is 576 g/mol. The van der Waals surface area contributed by atoms with Gasteiger partial charge in [-0.15, -0.1) is 24.0 Å². The molecule has 0 amide bonds. The quantitative estimate of drug-likeness (QED) is 0.286. The number of nitrogens with zero attached hydrogens (tertiary/aromatic N) is 6. The molecule has 9 nitrogen and oxygen atoms in total. The molecule has 1 aliphatic carbocycles. The molecule has 0 spiro atoms. The van der Waals surface area contributed by atoms with Gasteiger partial charge in [-0.1, -0.05) is 19.3 Å². The summed E-state index contributed by atoms with van der Waals surface area (Å²) in [5, 5.41) is 0.991. The smallest absolute Gasteiger partial charge is 0.271 e. The molecular weight excluding hydrogens is 544 g/mol. The van der Waals surface area contributed by atoms with E-state index in [4.69, 9.17) is 4.74 Å². The minimum Gasteiger partial charge on any atom is -0.497 e. The van der Waals surface area contributed by atoms with E-state index in [1.54, 1.807) is 38.7 Å². The van der Waals surface area contributed by atoms with Gasteiger partial charge in [0.05, 0.1) is 40.6 Å². The SMILES string of the molecule is CN(C)c1ccnc2sc3c(=O)n(C4CCCCC4)cnc3c12.COc1ccc(-n2c(C)ncc(S)c2=O)cc1. The second-order valence-electron chi connectivity index (χ2n) is 9.96. The van der Waals surface area contributed by atoms with Crippen molar-refractivity contribution in [3.8, 4) is 11.4 Å². The van der Waals surface area contributed by atoms with Crippen molar-refractivity contribution < 1.29 is 4.74 Å². The molecule has 1 aliphatic rings. The van der Waals surface area contributed by atoms with Gasteiger partial charge in [0.1, 0.15) is 21.1 Å². The maximum Gasteiger partial charge on any atom is 0.271 e. The molecule has 0 bridgehead atoms. The molecular formula is C29H32N6O3S2. The molecule has 5 aromatic rings. The minimum absolute atomic E-state index is 0.0922. The predicted molar refractivity (Wildman–Crippen MR) is 164 cm³/mol. The number of rotatable bonds is 4. The van der Waals surface area contributed by atoms with Gasteiger partial charge < -0.3 is 9.64 Å². The normalized spacial score (nSPS) is 13.7. The summed E-state index contributed by atoms with van der Waals surface area (Å²) >= 11 is 5.55. The zero-order chi connectivity index (χ0) is 28.4. The van der Waals surface area contributed by atoms with Gasteiger partial charge in [0, 0.05) is 32.5 Å². The van der Waals surface area contributed by atoms with Crippen molar-refractivity contribution >= 4 is 50.1 Å². The molecule has 1 saturated carbocycles. The molecule has 0 saturated heterocycles. The van der Waals surface area contributed by atoms with Crippen molar-refractivity contribution in [2.24, 2.45) is 0 Å². The molecule has 1 fully saturated rings. The number of thiophene rings is 1. The summed E-state index contributed by atoms with van der Waals surface area (Å²) in [6, 6.07) is 9.49. The number of hydrogen-bond acceptors (Lipinski definition) is 9. The first kappa shape index (κ1) is 27.9. The lowest BCUT2D eigenvalue weighted by Gasteiger charge is -2.23. The summed E-state index contributed by atoms with van der Waals surface area (Å²) in [5.74, 6) is 1.37. The first-order valence-corrected chi connectivity index (χ1v) is 14.4. The molecule has 208 valence electrons. The first-order valence-electron chi connectivity index (χ1n) is 13.2. The maximum absolute atomic E-state index is 13.0. The van der Waals surface area contributed by atoms with Gasteiger partial charge in [-0.3, -0.25) is 18.7 Å². The molecule has 4 heterocycles. The first-order chi connectivity index (χ1) is 19.3. The fraction of sp³-hybridized carbons (Fsp3) is 0.345. The summed E-state index contributed by atoms with van der Waals surface area (Å²) in [5.41, 5.74) is 2.51. The van der Waals surface area contributed by atoms with E-state index in [-0.39, 0.29) is 11.1 Å². The Hall–Kier alpha value is -3.70. The number of methoxy groups -OCH3 is 1. The van der Waals surface area contributed by atoms with Gasteiger partial charge in [-0.25, -0.2) is 15.0 Å². The van der Waals surface area contributed by atoms with Crippen molar-refractivity contribution in [1.82, 2.24) is 24.1 Å². The molecule has 0 unspecified atom stereocenters. The Kier molecular flexibility index (Phi) is 8.22. The molecule has 0 atom stereocenters. The average molecular weight is 577 g/mol. The topological polar surface area (TPSA) is 95.1 Å². The van der Waals surface area contributed by atoms with Crippen LogP contribution in [0.5, 0.6) is 5.75 Å². The van der Waals surface area contributed by atoms with Crippen LogP contribution in [-0.2, 0) is 0 Å². The molecule has 40 heavy (non-hydrogen) atoms. The number of pyridine rings is 1. The Labute approximate surface area is 241 Å². The van der Waals surface area contributed by atoms with Gasteiger partial charge in [-0.2, -0.15) is 0 Å². The van der Waals surface area contributed by atoms with Crippen LogP contribution in [0.4, 0.5) is 5.69 Å². The van der Waals surface area contributed by atoms with Crippen LogP contribution in [0.25, 0.3) is 26.1 Å². The Morgan fingerprint density at radius 1 is 1.00 bits per heavy atom. The van der Waals surface area contributed by atoms with Gasteiger partial charge in [-0.05, 0) is 50.1 Å². The second-order valence-corrected chi connectivity index (χ2v) is 11.4. The number of anilines is 1. The summed E-state index contributed by atoms with van der Waals surface area (Å²) in [6.45, 7) is 1.78. The highest BCUT2D eigenvalue weighted by Gasteiger charge is 2.21. The fourth-order valence-electron chi connectivity index (χ4n) is 5.11. The fourth-order valence-corrected chi connectivity index (χ4v) is 6.32. The van der Waals surface area contributed by atoms with Crippen LogP contribution in [0.1, 0.15) is 44.0 Å².